The van der Waals surface area contributed by atoms with Crippen molar-refractivity contribution in [3.8, 4) is 42.7 Å². The maximum Gasteiger partial charge on any atom is 0.408 e. The molecule has 1 atom stereocenters. The van der Waals surface area contributed by atoms with Gasteiger partial charge in [0.05, 0.1) is 16.9 Å². The number of nitrogens with one attached hydrogen (secondary N) is 1. The number of carbonyl (C=O) groups excluding carboxylic acids is 2. The van der Waals surface area contributed by atoms with Gasteiger partial charge in [-0.25, -0.2) is 14.6 Å². The first-order valence-electron chi connectivity index (χ1n) is 13.4. The highest BCUT2D eigenvalue weighted by Gasteiger charge is 2.33. The minimum absolute atomic E-state index is 0.170. The van der Waals surface area contributed by atoms with Gasteiger partial charge in [-0.3, -0.25) is 9.78 Å². The molecule has 3 heterocycles. The van der Waals surface area contributed by atoms with E-state index < -0.39 is 29.6 Å². The first kappa shape index (κ1) is 42.4. The molecule has 0 aliphatic carbocycles. The Morgan fingerprint density at radius 1 is 1.14 bits per heavy atom. The second kappa shape index (κ2) is 23.6. The number of aromatic hydroxyl groups is 1. The second-order valence-corrected chi connectivity index (χ2v) is 10.9. The summed E-state index contributed by atoms with van der Waals surface area (Å²) in [5.41, 5.74) is 1.08. The number of aryl methyl sites for hydroxylation is 1. The fraction of sp³-hybridized carbons (Fsp3) is 0.516. The minimum atomic E-state index is -1.01. The lowest BCUT2D eigenvalue weighted by Gasteiger charge is -2.23. The summed E-state index contributed by atoms with van der Waals surface area (Å²) < 4.78 is 4.99. The van der Waals surface area contributed by atoms with Gasteiger partial charge in [-0.2, -0.15) is 0 Å². The number of amides is 2. The average Bonchev–Trinajstić information content (AvgIpc) is 3.60. The Kier molecular flexibility index (Phi) is 23.8. The fourth-order valence-corrected chi connectivity index (χ4v) is 3.57. The molecule has 0 bridgehead atoms. The van der Waals surface area contributed by atoms with E-state index in [0.717, 1.165) is 22.2 Å². The number of nitrogens with zero attached hydrogens (tertiary/aromatic N) is 3. The summed E-state index contributed by atoms with van der Waals surface area (Å²) in [6.07, 6.45) is 19.5. The van der Waals surface area contributed by atoms with Crippen molar-refractivity contribution in [3.05, 3.63) is 28.8 Å². The zero-order valence-electron chi connectivity index (χ0n) is 26.4. The van der Waals surface area contributed by atoms with Gasteiger partial charge < -0.3 is 25.2 Å². The summed E-state index contributed by atoms with van der Waals surface area (Å²) in [5.74, 6) is -0.415. The van der Waals surface area contributed by atoms with Gasteiger partial charge in [-0.15, -0.1) is 37.0 Å². The van der Waals surface area contributed by atoms with E-state index in [1.54, 1.807) is 44.4 Å². The average molecular weight is 605 g/mol. The molecular weight excluding hydrogens is 556 g/mol. The standard InChI is InChI=1S/C12H20N2O5.C9H8N2OS.C4H10.C2H6.2C2H2/c1-12(2,3)19-11(18)13-7-9(15)14-6-4-5-8(14)10(16)17;1-6-11-9(5-13-6)7-2-8(12)4-10-3-7;1-4(2)3;3*1-2/h8H,4-7H2,1-3H3,(H,13,18)(H,16,17);2-5,12H,1H3;4H,1-3H3;1-2H3;2*1-2H/t8-;;;;;/m0...../s1. The number of carbonyl (C=O) groups is 3. The van der Waals surface area contributed by atoms with Crippen LogP contribution in [0, 0.1) is 38.5 Å². The smallest absolute Gasteiger partial charge is 0.408 e. The topological polar surface area (TPSA) is 142 Å². The third-order valence-corrected chi connectivity index (χ3v) is 5.05. The van der Waals surface area contributed by atoms with Gasteiger partial charge in [-0.1, -0.05) is 34.6 Å². The lowest BCUT2D eigenvalue weighted by atomic mass is 10.2. The Hall–Kier alpha value is -4.09. The van der Waals surface area contributed by atoms with Crippen LogP contribution in [0.5, 0.6) is 5.75 Å². The van der Waals surface area contributed by atoms with E-state index in [-0.39, 0.29) is 12.3 Å². The normalized spacial score (nSPS) is 12.9. The SMILES string of the molecule is C#C.C#C.CC.CC(C)(C)OC(=O)NCC(=O)N1CCC[C@H]1C(=O)O.CC(C)C.Cc1nc(-c2cncc(O)c2)cs1. The predicted octanol–water partition coefficient (Wildman–Crippen LogP) is 5.99. The largest absolute Gasteiger partial charge is 0.506 e. The number of pyridine rings is 1. The summed E-state index contributed by atoms with van der Waals surface area (Å²) in [4.78, 5) is 43.6. The molecule has 42 heavy (non-hydrogen) atoms. The molecule has 3 rings (SSSR count). The number of aromatic nitrogens is 2. The molecule has 2 aromatic rings. The van der Waals surface area contributed by atoms with Crippen LogP contribution >= 0.6 is 11.3 Å². The number of terminal acetylenes is 2. The highest BCUT2D eigenvalue weighted by molar-refractivity contribution is 7.09. The molecule has 3 N–H and O–H groups in total. The lowest BCUT2D eigenvalue weighted by Crippen LogP contribution is -2.46. The number of carboxylic acid groups (broad SMARTS) is 1. The highest BCUT2D eigenvalue weighted by Crippen LogP contribution is 2.23. The number of rotatable bonds is 4. The van der Waals surface area contributed by atoms with E-state index in [9.17, 15) is 19.5 Å². The molecule has 1 aliphatic rings. The maximum absolute atomic E-state index is 11.8. The van der Waals surface area contributed by atoms with E-state index in [4.69, 9.17) is 9.84 Å². The van der Waals surface area contributed by atoms with Gasteiger partial charge in [0.15, 0.2) is 0 Å². The number of hydrogen-bond acceptors (Lipinski definition) is 8. The van der Waals surface area contributed by atoms with Crippen molar-refractivity contribution < 1.29 is 29.3 Å². The van der Waals surface area contributed by atoms with Gasteiger partial charge in [0.2, 0.25) is 5.91 Å². The number of thiazole rings is 1. The number of aliphatic carboxylic acids is 1. The molecule has 1 aliphatic heterocycles. The van der Waals surface area contributed by atoms with E-state index in [1.165, 1.54) is 11.1 Å². The summed E-state index contributed by atoms with van der Waals surface area (Å²) in [6, 6.07) is 0.870. The zero-order valence-corrected chi connectivity index (χ0v) is 27.2. The molecule has 234 valence electrons. The molecule has 1 saturated heterocycles. The number of alkyl carbamates (subject to hydrolysis) is 1. The van der Waals surface area contributed by atoms with Crippen LogP contribution in [0.25, 0.3) is 11.3 Å². The Labute approximate surface area is 255 Å². The van der Waals surface area contributed by atoms with Gasteiger partial charge in [0.25, 0.3) is 0 Å². The molecule has 0 unspecified atom stereocenters. The van der Waals surface area contributed by atoms with Gasteiger partial charge in [0, 0.05) is 23.7 Å². The molecular formula is C31H48N4O6S. The van der Waals surface area contributed by atoms with Crippen LogP contribution < -0.4 is 5.32 Å². The van der Waals surface area contributed by atoms with Crippen LogP contribution in [-0.4, -0.2) is 67.8 Å². The van der Waals surface area contributed by atoms with Crippen molar-refractivity contribution in [1.82, 2.24) is 20.2 Å². The molecule has 11 heteroatoms. The monoisotopic (exact) mass is 604 g/mol. The summed E-state index contributed by atoms with van der Waals surface area (Å²) >= 11 is 1.58. The van der Waals surface area contributed by atoms with Crippen molar-refractivity contribution in [2.45, 2.75) is 86.8 Å². The van der Waals surface area contributed by atoms with Crippen molar-refractivity contribution in [2.24, 2.45) is 5.92 Å². The first-order valence-corrected chi connectivity index (χ1v) is 14.3. The number of hydrogen-bond donors (Lipinski definition) is 3. The maximum atomic E-state index is 11.8. The number of ether oxygens (including phenoxy) is 1. The van der Waals surface area contributed by atoms with E-state index in [1.807, 2.05) is 26.2 Å². The summed E-state index contributed by atoms with van der Waals surface area (Å²) in [7, 11) is 0. The molecule has 2 aromatic heterocycles. The van der Waals surface area contributed by atoms with Crippen LogP contribution in [0.15, 0.2) is 23.8 Å². The van der Waals surface area contributed by atoms with Gasteiger partial charge >= 0.3 is 12.1 Å². The minimum Gasteiger partial charge on any atom is -0.506 e. The molecule has 1 fully saturated rings. The predicted molar refractivity (Wildman–Crippen MR) is 170 cm³/mol. The van der Waals surface area contributed by atoms with Gasteiger partial charge in [-0.05, 0) is 52.5 Å². The Morgan fingerprint density at radius 3 is 2.12 bits per heavy atom. The van der Waals surface area contributed by atoms with Crippen molar-refractivity contribution >= 4 is 29.3 Å². The van der Waals surface area contributed by atoms with Crippen LogP contribution in [0.2, 0.25) is 0 Å². The van der Waals surface area contributed by atoms with Crippen LogP contribution in [0.4, 0.5) is 4.79 Å². The van der Waals surface area contributed by atoms with Crippen LogP contribution in [0.1, 0.15) is 73.2 Å². The Balaban J connectivity index is -0.000000570. The third-order valence-electron chi connectivity index (χ3n) is 4.28. The lowest BCUT2D eigenvalue weighted by molar-refractivity contribution is -0.147. The zero-order chi connectivity index (χ0) is 33.5. The van der Waals surface area contributed by atoms with Crippen molar-refractivity contribution in [1.29, 1.82) is 0 Å². The van der Waals surface area contributed by atoms with E-state index >= 15 is 0 Å². The van der Waals surface area contributed by atoms with Crippen LogP contribution in [-0.2, 0) is 14.3 Å². The van der Waals surface area contributed by atoms with Crippen LogP contribution in [0.3, 0.4) is 0 Å². The second-order valence-electron chi connectivity index (χ2n) is 9.85. The molecule has 0 radical (unpaired) electrons. The van der Waals surface area contributed by atoms with E-state index in [2.05, 4.69) is 61.7 Å². The quantitative estimate of drug-likeness (QED) is 0.361. The molecule has 10 nitrogen and oxygen atoms in total. The molecule has 0 aromatic carbocycles. The number of likely N-dealkylation sites (tertiary alicyclic amines) is 1. The van der Waals surface area contributed by atoms with Crippen molar-refractivity contribution in [3.63, 3.8) is 0 Å². The van der Waals surface area contributed by atoms with Gasteiger partial charge in [0.1, 0.15) is 23.9 Å². The summed E-state index contributed by atoms with van der Waals surface area (Å²) in [6.45, 7) is 17.8. The highest BCUT2D eigenvalue weighted by atomic mass is 32.1. The summed E-state index contributed by atoms with van der Waals surface area (Å²) in [5, 5.41) is 23.4. The van der Waals surface area contributed by atoms with E-state index in [0.29, 0.717) is 19.4 Å². The van der Waals surface area contributed by atoms with Crippen molar-refractivity contribution in [2.75, 3.05) is 13.1 Å². The third kappa shape index (κ3) is 19.9. The number of carboxylic acids is 1. The Morgan fingerprint density at radius 2 is 1.69 bits per heavy atom. The molecule has 0 spiro atoms. The Bertz CT molecular complexity index is 1080. The fourth-order valence-electron chi connectivity index (χ4n) is 2.95. The molecule has 2 amide bonds. The first-order chi connectivity index (χ1) is 19.7. The molecule has 0 saturated carbocycles.